The van der Waals surface area contributed by atoms with Crippen LogP contribution in [0.4, 0.5) is 0 Å². The highest BCUT2D eigenvalue weighted by Gasteiger charge is 2.32. The fourth-order valence-corrected chi connectivity index (χ4v) is 3.78. The van der Waals surface area contributed by atoms with Crippen LogP contribution in [0.5, 0.6) is 11.5 Å². The highest BCUT2D eigenvalue weighted by molar-refractivity contribution is 6.42. The van der Waals surface area contributed by atoms with Crippen molar-refractivity contribution < 1.29 is 19.1 Å². The zero-order valence-electron chi connectivity index (χ0n) is 16.2. The Balaban J connectivity index is 1.70. The van der Waals surface area contributed by atoms with Crippen LogP contribution < -0.4 is 14.8 Å². The highest BCUT2D eigenvalue weighted by atomic mass is 35.5. The number of methoxy groups -OCH3 is 2. The van der Waals surface area contributed by atoms with Crippen molar-refractivity contribution in [1.29, 1.82) is 0 Å². The number of hydrogen-bond acceptors (Lipinski definition) is 4. The maximum Gasteiger partial charge on any atom is 0.251 e. The molecule has 1 unspecified atom stereocenters. The van der Waals surface area contributed by atoms with Crippen molar-refractivity contribution in [2.45, 2.75) is 18.9 Å². The van der Waals surface area contributed by atoms with Gasteiger partial charge in [0.2, 0.25) is 5.91 Å². The molecule has 2 amide bonds. The van der Waals surface area contributed by atoms with Crippen molar-refractivity contribution in [2.24, 2.45) is 0 Å². The molecule has 0 aliphatic carbocycles. The number of carbonyl (C=O) groups is 2. The lowest BCUT2D eigenvalue weighted by Gasteiger charge is -2.27. The first kappa shape index (κ1) is 21.3. The Morgan fingerprint density at radius 2 is 1.90 bits per heavy atom. The van der Waals surface area contributed by atoms with Gasteiger partial charge in [-0.25, -0.2) is 0 Å². The molecule has 0 radical (unpaired) electrons. The summed E-state index contributed by atoms with van der Waals surface area (Å²) in [6.07, 6.45) is 1.69. The summed E-state index contributed by atoms with van der Waals surface area (Å²) in [4.78, 5) is 26.9. The van der Waals surface area contributed by atoms with Gasteiger partial charge in [-0.15, -0.1) is 0 Å². The molecule has 1 aliphatic rings. The van der Waals surface area contributed by atoms with Gasteiger partial charge in [-0.2, -0.15) is 0 Å². The van der Waals surface area contributed by atoms with Gasteiger partial charge >= 0.3 is 0 Å². The molecule has 0 bridgehead atoms. The Labute approximate surface area is 179 Å². The summed E-state index contributed by atoms with van der Waals surface area (Å²) in [5, 5.41) is 3.31. The zero-order valence-corrected chi connectivity index (χ0v) is 17.7. The van der Waals surface area contributed by atoms with Crippen molar-refractivity contribution in [3.8, 4) is 11.5 Å². The second-order valence-corrected chi connectivity index (χ2v) is 7.48. The molecule has 0 spiro atoms. The molecule has 0 saturated carbocycles. The number of amides is 2. The van der Waals surface area contributed by atoms with Crippen molar-refractivity contribution in [1.82, 2.24) is 10.2 Å². The second-order valence-electron chi connectivity index (χ2n) is 6.66. The van der Waals surface area contributed by atoms with Crippen LogP contribution in [0.1, 0.15) is 34.8 Å². The van der Waals surface area contributed by atoms with Gasteiger partial charge in [-0.1, -0.05) is 23.2 Å². The normalized spacial score (nSPS) is 15.9. The van der Waals surface area contributed by atoms with Crippen LogP contribution in [0.3, 0.4) is 0 Å². The van der Waals surface area contributed by atoms with Gasteiger partial charge in [0, 0.05) is 17.7 Å². The molecule has 1 N–H and O–H groups in total. The molecule has 1 heterocycles. The van der Waals surface area contributed by atoms with E-state index in [2.05, 4.69) is 5.32 Å². The quantitative estimate of drug-likeness (QED) is 0.739. The molecule has 1 saturated heterocycles. The number of nitrogens with zero attached hydrogens (tertiary/aromatic N) is 1. The third-order valence-corrected chi connectivity index (χ3v) is 5.69. The molecule has 29 heavy (non-hydrogen) atoms. The molecule has 2 aromatic carbocycles. The van der Waals surface area contributed by atoms with Crippen LogP contribution in [0.2, 0.25) is 10.0 Å². The van der Waals surface area contributed by atoms with Gasteiger partial charge in [0.15, 0.2) is 0 Å². The van der Waals surface area contributed by atoms with E-state index in [1.807, 2.05) is 18.2 Å². The summed E-state index contributed by atoms with van der Waals surface area (Å²) in [5.41, 5.74) is 1.24. The monoisotopic (exact) mass is 436 g/mol. The zero-order chi connectivity index (χ0) is 21.0. The third-order valence-electron chi connectivity index (χ3n) is 4.95. The molecule has 1 aliphatic heterocycles. The van der Waals surface area contributed by atoms with Crippen molar-refractivity contribution in [3.63, 3.8) is 0 Å². The standard InChI is InChI=1S/C21H22Cl2N2O4/c1-28-14-6-8-19(29-2)15(11-14)18-4-3-9-25(18)20(26)12-24-21(27)13-5-7-16(22)17(23)10-13/h5-8,10-11,18H,3-4,9,12H2,1-2H3,(H,24,27). The Morgan fingerprint density at radius 1 is 1.10 bits per heavy atom. The maximum atomic E-state index is 12.8. The number of carbonyl (C=O) groups excluding carboxylic acids is 2. The average Bonchev–Trinajstić information content (AvgIpc) is 3.23. The highest BCUT2D eigenvalue weighted by Crippen LogP contribution is 2.38. The van der Waals surface area contributed by atoms with E-state index in [0.29, 0.717) is 28.6 Å². The minimum atomic E-state index is -0.383. The minimum absolute atomic E-state index is 0.109. The SMILES string of the molecule is COc1ccc(OC)c(C2CCCN2C(=O)CNC(=O)c2ccc(Cl)c(Cl)c2)c1. The van der Waals surface area contributed by atoms with Gasteiger partial charge in [0.05, 0.1) is 36.9 Å². The molecular weight excluding hydrogens is 415 g/mol. The van der Waals surface area contributed by atoms with Crippen LogP contribution in [0, 0.1) is 0 Å². The Hall–Kier alpha value is -2.44. The number of ether oxygens (including phenoxy) is 2. The number of halogens is 2. The van der Waals surface area contributed by atoms with E-state index in [9.17, 15) is 9.59 Å². The van der Waals surface area contributed by atoms with Gasteiger partial charge in [0.1, 0.15) is 11.5 Å². The topological polar surface area (TPSA) is 67.9 Å². The van der Waals surface area contributed by atoms with Crippen LogP contribution in [0.15, 0.2) is 36.4 Å². The van der Waals surface area contributed by atoms with Crippen LogP contribution in [0.25, 0.3) is 0 Å². The summed E-state index contributed by atoms with van der Waals surface area (Å²) in [6, 6.07) is 10.0. The molecule has 0 aromatic heterocycles. The second kappa shape index (κ2) is 9.37. The summed E-state index contributed by atoms with van der Waals surface area (Å²) >= 11 is 11.8. The summed E-state index contributed by atoms with van der Waals surface area (Å²) in [6.45, 7) is 0.508. The first-order chi connectivity index (χ1) is 13.9. The molecule has 3 rings (SSSR count). The van der Waals surface area contributed by atoms with Gasteiger partial charge < -0.3 is 19.7 Å². The first-order valence-corrected chi connectivity index (χ1v) is 9.95. The third kappa shape index (κ3) is 4.77. The predicted octanol–water partition coefficient (Wildman–Crippen LogP) is 4.10. The van der Waals surface area contributed by atoms with E-state index in [4.69, 9.17) is 32.7 Å². The Bertz CT molecular complexity index is 920. The van der Waals surface area contributed by atoms with Crippen LogP contribution in [-0.2, 0) is 4.79 Å². The fraction of sp³-hybridized carbons (Fsp3) is 0.333. The van der Waals surface area contributed by atoms with Crippen LogP contribution in [-0.4, -0.2) is 44.0 Å². The smallest absolute Gasteiger partial charge is 0.251 e. The summed E-state index contributed by atoms with van der Waals surface area (Å²) < 4.78 is 10.8. The van der Waals surface area contributed by atoms with E-state index in [0.717, 1.165) is 18.4 Å². The van der Waals surface area contributed by atoms with Crippen molar-refractivity contribution in [2.75, 3.05) is 27.3 Å². The minimum Gasteiger partial charge on any atom is -0.497 e. The molecular formula is C21H22Cl2N2O4. The summed E-state index contributed by atoms with van der Waals surface area (Å²) in [5.74, 6) is 0.862. The van der Waals surface area contributed by atoms with Crippen LogP contribution >= 0.6 is 23.2 Å². The number of rotatable bonds is 6. The van der Waals surface area contributed by atoms with Crippen molar-refractivity contribution >= 4 is 35.0 Å². The van der Waals surface area contributed by atoms with Gasteiger partial charge in [-0.3, -0.25) is 9.59 Å². The molecule has 8 heteroatoms. The maximum absolute atomic E-state index is 12.8. The van der Waals surface area contributed by atoms with E-state index < -0.39 is 0 Å². The van der Waals surface area contributed by atoms with Gasteiger partial charge in [-0.05, 0) is 49.2 Å². The number of likely N-dealkylation sites (tertiary alicyclic amines) is 1. The lowest BCUT2D eigenvalue weighted by Crippen LogP contribution is -2.39. The Kier molecular flexibility index (Phi) is 6.87. The van der Waals surface area contributed by atoms with E-state index in [1.165, 1.54) is 6.07 Å². The largest absolute Gasteiger partial charge is 0.497 e. The number of hydrogen-bond donors (Lipinski definition) is 1. The lowest BCUT2D eigenvalue weighted by molar-refractivity contribution is -0.131. The molecule has 1 atom stereocenters. The molecule has 6 nitrogen and oxygen atoms in total. The molecule has 1 fully saturated rings. The fourth-order valence-electron chi connectivity index (χ4n) is 3.49. The number of nitrogens with one attached hydrogen (secondary N) is 1. The van der Waals surface area contributed by atoms with Gasteiger partial charge in [0.25, 0.3) is 5.91 Å². The molecule has 154 valence electrons. The summed E-state index contributed by atoms with van der Waals surface area (Å²) in [7, 11) is 3.20. The lowest BCUT2D eigenvalue weighted by atomic mass is 10.0. The van der Waals surface area contributed by atoms with E-state index in [1.54, 1.807) is 31.3 Å². The number of benzene rings is 2. The molecule has 2 aromatic rings. The van der Waals surface area contributed by atoms with Crippen molar-refractivity contribution in [3.05, 3.63) is 57.6 Å². The van der Waals surface area contributed by atoms with E-state index in [-0.39, 0.29) is 29.4 Å². The first-order valence-electron chi connectivity index (χ1n) is 9.19. The Morgan fingerprint density at radius 3 is 2.59 bits per heavy atom. The predicted molar refractivity (Wildman–Crippen MR) is 112 cm³/mol. The average molecular weight is 437 g/mol. The van der Waals surface area contributed by atoms with E-state index >= 15 is 0 Å².